The molecule has 33 heavy (non-hydrogen) atoms. The number of aliphatic carboxylic acids is 1. The second-order valence-electron chi connectivity index (χ2n) is 9.38. The Balaban J connectivity index is 1.53. The number of hydrogen-bond donors (Lipinski definition) is 2. The summed E-state index contributed by atoms with van der Waals surface area (Å²) in [6, 6.07) is 15.5. The van der Waals surface area contributed by atoms with Crippen LogP contribution in [-0.4, -0.2) is 56.5 Å². The van der Waals surface area contributed by atoms with Gasteiger partial charge in [0.05, 0.1) is 11.3 Å². The Morgan fingerprint density at radius 1 is 1.15 bits per heavy atom. The number of aromatic amines is 1. The van der Waals surface area contributed by atoms with Crippen LogP contribution in [0.4, 0.5) is 0 Å². The van der Waals surface area contributed by atoms with E-state index in [1.807, 2.05) is 60.3 Å². The largest absolute Gasteiger partial charge is 0.478 e. The summed E-state index contributed by atoms with van der Waals surface area (Å²) >= 11 is 1.92. The predicted octanol–water partition coefficient (Wildman–Crippen LogP) is 4.53. The van der Waals surface area contributed by atoms with E-state index in [0.717, 1.165) is 46.7 Å². The van der Waals surface area contributed by atoms with Crippen LogP contribution in [0.1, 0.15) is 41.0 Å². The third kappa shape index (κ3) is 4.07. The van der Waals surface area contributed by atoms with Gasteiger partial charge in [-0.3, -0.25) is 9.69 Å². The van der Waals surface area contributed by atoms with Crippen LogP contribution in [-0.2, 0) is 16.8 Å². The van der Waals surface area contributed by atoms with Crippen molar-refractivity contribution in [2.45, 2.75) is 25.8 Å². The second kappa shape index (κ2) is 8.39. The van der Waals surface area contributed by atoms with Crippen LogP contribution in [0.25, 0.3) is 16.5 Å². The second-order valence-corrected chi connectivity index (χ2v) is 10.5. The average Bonchev–Trinajstić information content (AvgIpc) is 3.41. The van der Waals surface area contributed by atoms with Gasteiger partial charge in [-0.05, 0) is 29.3 Å². The smallest absolute Gasteiger partial charge is 0.339 e. The van der Waals surface area contributed by atoms with Gasteiger partial charge in [0, 0.05) is 59.3 Å². The molecule has 170 valence electrons. The summed E-state index contributed by atoms with van der Waals surface area (Å²) in [5, 5.41) is 11.0. The molecule has 0 unspecified atom stereocenters. The van der Waals surface area contributed by atoms with Crippen molar-refractivity contribution in [1.29, 1.82) is 0 Å². The number of carbonyl (C=O) groups is 2. The number of nitrogens with one attached hydrogen (secondary N) is 1. The Hall–Kier alpha value is -3.03. The molecule has 0 aliphatic carbocycles. The van der Waals surface area contributed by atoms with Crippen LogP contribution in [0.5, 0.6) is 0 Å². The van der Waals surface area contributed by atoms with Crippen LogP contribution >= 0.6 is 11.8 Å². The SMILES string of the molecule is CC1(C)CN(C(=O)c2cccc(CN3CCSC3)c2)C=C(C(=O)O)c2[nH]c3ccccc3c21. The zero-order valence-electron chi connectivity index (χ0n) is 18.8. The summed E-state index contributed by atoms with van der Waals surface area (Å²) in [4.78, 5) is 33.1. The summed E-state index contributed by atoms with van der Waals surface area (Å²) in [6.07, 6.45) is 1.50. The van der Waals surface area contributed by atoms with E-state index in [9.17, 15) is 14.7 Å². The molecule has 2 aromatic carbocycles. The first-order valence-corrected chi connectivity index (χ1v) is 12.3. The van der Waals surface area contributed by atoms with Gasteiger partial charge in [0.2, 0.25) is 0 Å². The van der Waals surface area contributed by atoms with Crippen LogP contribution in [0.3, 0.4) is 0 Å². The fourth-order valence-corrected chi connectivity index (χ4v) is 5.91. The number of aromatic nitrogens is 1. The summed E-state index contributed by atoms with van der Waals surface area (Å²) in [5.41, 5.74) is 3.72. The highest BCUT2D eigenvalue weighted by Crippen LogP contribution is 2.40. The molecule has 3 aromatic rings. The van der Waals surface area contributed by atoms with E-state index in [0.29, 0.717) is 17.8 Å². The quantitative estimate of drug-likeness (QED) is 0.597. The zero-order chi connectivity index (χ0) is 23.2. The van der Waals surface area contributed by atoms with Crippen LogP contribution in [0.2, 0.25) is 0 Å². The Morgan fingerprint density at radius 3 is 2.73 bits per heavy atom. The highest BCUT2D eigenvalue weighted by molar-refractivity contribution is 7.99. The van der Waals surface area contributed by atoms with E-state index >= 15 is 0 Å². The Labute approximate surface area is 197 Å². The maximum absolute atomic E-state index is 13.6. The van der Waals surface area contributed by atoms with Crippen molar-refractivity contribution in [3.63, 3.8) is 0 Å². The number of carbonyl (C=O) groups excluding carboxylic acids is 1. The minimum Gasteiger partial charge on any atom is -0.478 e. The standard InChI is InChI=1S/C26H27N3O3S/c1-26(2)15-29(24(30)18-7-5-6-17(12-18)13-28-10-11-33-16-28)14-20(25(31)32)23-22(26)19-8-3-4-9-21(19)27-23/h3-9,12,14,27H,10-11,13,15-16H2,1-2H3,(H,31,32). The molecule has 6 nitrogen and oxygen atoms in total. The van der Waals surface area contributed by atoms with Gasteiger partial charge in [0.25, 0.3) is 5.91 Å². The molecule has 0 spiro atoms. The number of nitrogens with zero attached hydrogens (tertiary/aromatic N) is 2. The lowest BCUT2D eigenvalue weighted by Gasteiger charge is -2.30. The molecule has 1 saturated heterocycles. The zero-order valence-corrected chi connectivity index (χ0v) is 19.6. The molecule has 5 rings (SSSR count). The number of fused-ring (bicyclic) bond motifs is 3. The minimum atomic E-state index is -1.06. The summed E-state index contributed by atoms with van der Waals surface area (Å²) in [7, 11) is 0. The van der Waals surface area contributed by atoms with Gasteiger partial charge in [-0.15, -0.1) is 11.8 Å². The number of hydrogen-bond acceptors (Lipinski definition) is 4. The topological polar surface area (TPSA) is 76.6 Å². The fourth-order valence-electron chi connectivity index (χ4n) is 4.91. The number of H-pyrrole nitrogens is 1. The van der Waals surface area contributed by atoms with Gasteiger partial charge >= 0.3 is 5.97 Å². The molecule has 1 amide bonds. The number of carboxylic acids is 1. The molecule has 1 fully saturated rings. The van der Waals surface area contributed by atoms with Crippen molar-refractivity contribution >= 4 is 40.1 Å². The molecule has 1 aromatic heterocycles. The van der Waals surface area contributed by atoms with E-state index in [-0.39, 0.29) is 11.5 Å². The van der Waals surface area contributed by atoms with Crippen molar-refractivity contribution in [3.8, 4) is 0 Å². The van der Waals surface area contributed by atoms with Crippen molar-refractivity contribution < 1.29 is 14.7 Å². The summed E-state index contributed by atoms with van der Waals surface area (Å²) in [6.45, 7) is 6.37. The molecule has 0 bridgehead atoms. The van der Waals surface area contributed by atoms with E-state index in [2.05, 4.69) is 23.7 Å². The summed E-state index contributed by atoms with van der Waals surface area (Å²) in [5.74, 6) is 0.904. The third-order valence-electron chi connectivity index (χ3n) is 6.40. The predicted molar refractivity (Wildman–Crippen MR) is 132 cm³/mol. The maximum Gasteiger partial charge on any atom is 0.339 e. The number of para-hydroxylation sites is 1. The monoisotopic (exact) mass is 461 g/mol. The van der Waals surface area contributed by atoms with Crippen molar-refractivity contribution in [3.05, 3.63) is 77.1 Å². The Morgan fingerprint density at radius 2 is 1.97 bits per heavy atom. The lowest BCUT2D eigenvalue weighted by molar-refractivity contribution is -0.130. The van der Waals surface area contributed by atoms with E-state index < -0.39 is 11.4 Å². The fraction of sp³-hybridized carbons (Fsp3) is 0.308. The molecular formula is C26H27N3O3S. The summed E-state index contributed by atoms with van der Waals surface area (Å²) < 4.78 is 0. The Kier molecular flexibility index (Phi) is 5.54. The van der Waals surface area contributed by atoms with Gasteiger partial charge in [0.15, 0.2) is 0 Å². The molecule has 0 atom stereocenters. The van der Waals surface area contributed by atoms with Crippen molar-refractivity contribution in [1.82, 2.24) is 14.8 Å². The molecular weight excluding hydrogens is 434 g/mol. The highest BCUT2D eigenvalue weighted by atomic mass is 32.2. The lowest BCUT2D eigenvalue weighted by atomic mass is 9.81. The number of thioether (sulfide) groups is 1. The number of benzene rings is 2. The van der Waals surface area contributed by atoms with Gasteiger partial charge in [-0.2, -0.15) is 0 Å². The van der Waals surface area contributed by atoms with Crippen LogP contribution in [0.15, 0.2) is 54.7 Å². The van der Waals surface area contributed by atoms with Gasteiger partial charge in [-0.1, -0.05) is 44.2 Å². The molecule has 2 N–H and O–H groups in total. The third-order valence-corrected chi connectivity index (χ3v) is 7.42. The molecule has 0 saturated carbocycles. The van der Waals surface area contributed by atoms with Crippen LogP contribution in [0, 0.1) is 0 Å². The number of carboxylic acid groups (broad SMARTS) is 1. The normalized spacial score (nSPS) is 18.1. The van der Waals surface area contributed by atoms with E-state index in [4.69, 9.17) is 0 Å². The number of rotatable bonds is 4. The van der Waals surface area contributed by atoms with E-state index in [1.54, 1.807) is 4.90 Å². The first-order chi connectivity index (χ1) is 15.8. The van der Waals surface area contributed by atoms with Crippen molar-refractivity contribution in [2.24, 2.45) is 0 Å². The highest BCUT2D eigenvalue weighted by Gasteiger charge is 2.37. The molecule has 7 heteroatoms. The number of amides is 1. The van der Waals surface area contributed by atoms with E-state index in [1.165, 1.54) is 6.20 Å². The first kappa shape index (κ1) is 21.8. The maximum atomic E-state index is 13.6. The Bertz CT molecular complexity index is 1270. The van der Waals surface area contributed by atoms with Crippen molar-refractivity contribution in [2.75, 3.05) is 24.7 Å². The molecule has 2 aliphatic rings. The minimum absolute atomic E-state index is 0.102. The molecule has 3 heterocycles. The molecule has 0 radical (unpaired) electrons. The average molecular weight is 462 g/mol. The first-order valence-electron chi connectivity index (χ1n) is 11.1. The molecule has 2 aliphatic heterocycles. The van der Waals surface area contributed by atoms with Gasteiger partial charge < -0.3 is 15.0 Å². The van der Waals surface area contributed by atoms with Crippen LogP contribution < -0.4 is 0 Å². The van der Waals surface area contributed by atoms with Gasteiger partial charge in [0.1, 0.15) is 0 Å². The lowest BCUT2D eigenvalue weighted by Crippen LogP contribution is -2.37. The van der Waals surface area contributed by atoms with Gasteiger partial charge in [-0.25, -0.2) is 4.79 Å².